The van der Waals surface area contributed by atoms with Gasteiger partial charge in [0.05, 0.1) is 14.2 Å². The van der Waals surface area contributed by atoms with Crippen LogP contribution >= 0.6 is 11.3 Å². The number of carbonyl (C=O) groups excluding carboxylic acids is 1. The molecule has 2 aromatic rings. The third-order valence-electron chi connectivity index (χ3n) is 3.28. The smallest absolute Gasteiger partial charge is 0.271 e. The van der Waals surface area contributed by atoms with Crippen molar-refractivity contribution < 1.29 is 14.3 Å². The maximum absolute atomic E-state index is 11.9. The highest BCUT2D eigenvalue weighted by Gasteiger charge is 2.24. The van der Waals surface area contributed by atoms with Crippen LogP contribution in [0.1, 0.15) is 23.3 Å². The molecule has 2 N–H and O–H groups in total. The van der Waals surface area contributed by atoms with E-state index in [2.05, 4.69) is 15.6 Å². The van der Waals surface area contributed by atoms with Gasteiger partial charge in [-0.05, 0) is 25.0 Å². The van der Waals surface area contributed by atoms with Crippen LogP contribution in [0.15, 0.2) is 23.6 Å². The molecule has 3 rings (SSSR count). The number of carbonyl (C=O) groups is 1. The first-order valence-corrected chi connectivity index (χ1v) is 7.83. The quantitative estimate of drug-likeness (QED) is 0.856. The highest BCUT2D eigenvalue weighted by molar-refractivity contribution is 7.14. The predicted molar refractivity (Wildman–Crippen MR) is 85.4 cm³/mol. The largest absolute Gasteiger partial charge is 0.493 e. The van der Waals surface area contributed by atoms with Crippen LogP contribution in [0.2, 0.25) is 0 Å². The zero-order valence-corrected chi connectivity index (χ0v) is 13.2. The third kappa shape index (κ3) is 3.30. The summed E-state index contributed by atoms with van der Waals surface area (Å²) in [6, 6.07) is 5.84. The van der Waals surface area contributed by atoms with Crippen molar-refractivity contribution in [3.05, 3.63) is 29.3 Å². The molecule has 1 aliphatic rings. The van der Waals surface area contributed by atoms with Crippen LogP contribution in [0, 0.1) is 0 Å². The highest BCUT2D eigenvalue weighted by atomic mass is 32.1. The summed E-state index contributed by atoms with van der Waals surface area (Å²) in [5, 5.41) is 8.50. The molecule has 0 radical (unpaired) electrons. The Labute approximate surface area is 132 Å². The van der Waals surface area contributed by atoms with Crippen molar-refractivity contribution in [3.8, 4) is 11.5 Å². The van der Waals surface area contributed by atoms with E-state index in [1.165, 1.54) is 11.3 Å². The van der Waals surface area contributed by atoms with Crippen LogP contribution in [0.4, 0.5) is 10.8 Å². The van der Waals surface area contributed by atoms with Crippen molar-refractivity contribution in [1.29, 1.82) is 0 Å². The van der Waals surface area contributed by atoms with Gasteiger partial charge in [0.25, 0.3) is 5.91 Å². The lowest BCUT2D eigenvalue weighted by atomic mass is 10.3. The Morgan fingerprint density at radius 1 is 1.27 bits per heavy atom. The summed E-state index contributed by atoms with van der Waals surface area (Å²) in [6.45, 7) is 0. The van der Waals surface area contributed by atoms with Gasteiger partial charge in [-0.15, -0.1) is 11.3 Å². The molecular weight excluding hydrogens is 302 g/mol. The number of hydrogen-bond donors (Lipinski definition) is 2. The van der Waals surface area contributed by atoms with Gasteiger partial charge < -0.3 is 20.1 Å². The molecule has 6 nitrogen and oxygen atoms in total. The Bertz CT molecular complexity index is 682. The SMILES string of the molecule is COc1ccc(Nc2nc(C(=O)NC3CC3)cs2)cc1OC. The first kappa shape index (κ1) is 14.6. The number of amides is 1. The summed E-state index contributed by atoms with van der Waals surface area (Å²) < 4.78 is 10.5. The molecule has 0 unspecified atom stereocenters. The van der Waals surface area contributed by atoms with Gasteiger partial charge in [-0.1, -0.05) is 0 Å². The summed E-state index contributed by atoms with van der Waals surface area (Å²) in [7, 11) is 3.18. The lowest BCUT2D eigenvalue weighted by molar-refractivity contribution is 0.0947. The topological polar surface area (TPSA) is 72.5 Å². The lowest BCUT2D eigenvalue weighted by Gasteiger charge is -2.09. The Hall–Kier alpha value is -2.28. The van der Waals surface area contributed by atoms with E-state index in [0.717, 1.165) is 18.5 Å². The van der Waals surface area contributed by atoms with Gasteiger partial charge in [0, 0.05) is 23.2 Å². The first-order valence-electron chi connectivity index (χ1n) is 6.95. The minimum Gasteiger partial charge on any atom is -0.493 e. The Morgan fingerprint density at radius 2 is 2.05 bits per heavy atom. The number of methoxy groups -OCH3 is 2. The standard InChI is InChI=1S/C15H17N3O3S/c1-20-12-6-5-10(7-13(12)21-2)17-15-18-11(8-22-15)14(19)16-9-3-4-9/h5-9H,3-4H2,1-2H3,(H,16,19)(H,17,18). The van der Waals surface area contributed by atoms with E-state index in [1.54, 1.807) is 19.6 Å². The Kier molecular flexibility index (Phi) is 4.15. The van der Waals surface area contributed by atoms with E-state index >= 15 is 0 Å². The molecular formula is C15H17N3O3S. The number of thiazole rings is 1. The zero-order valence-electron chi connectivity index (χ0n) is 12.4. The maximum Gasteiger partial charge on any atom is 0.271 e. The maximum atomic E-state index is 11.9. The minimum atomic E-state index is -0.112. The number of anilines is 2. The van der Waals surface area contributed by atoms with Crippen LogP contribution in [0.3, 0.4) is 0 Å². The molecule has 0 saturated heterocycles. The predicted octanol–water partition coefficient (Wildman–Crippen LogP) is 2.80. The van der Waals surface area contributed by atoms with E-state index < -0.39 is 0 Å². The van der Waals surface area contributed by atoms with Gasteiger partial charge in [-0.25, -0.2) is 4.98 Å². The Balaban J connectivity index is 1.70. The van der Waals surface area contributed by atoms with Crippen LogP contribution < -0.4 is 20.1 Å². The van der Waals surface area contributed by atoms with Crippen molar-refractivity contribution in [3.63, 3.8) is 0 Å². The molecule has 1 aliphatic carbocycles. The second-order valence-corrected chi connectivity index (χ2v) is 5.84. The van der Waals surface area contributed by atoms with Crippen LogP contribution in [-0.4, -0.2) is 31.2 Å². The number of hydrogen-bond acceptors (Lipinski definition) is 6. The van der Waals surface area contributed by atoms with E-state index in [1.807, 2.05) is 18.2 Å². The fourth-order valence-corrected chi connectivity index (χ4v) is 2.67. The zero-order chi connectivity index (χ0) is 15.5. The minimum absolute atomic E-state index is 0.112. The van der Waals surface area contributed by atoms with Gasteiger partial charge in [0.15, 0.2) is 16.6 Å². The van der Waals surface area contributed by atoms with Crippen molar-refractivity contribution in [2.75, 3.05) is 19.5 Å². The average molecular weight is 319 g/mol. The molecule has 7 heteroatoms. The molecule has 1 aromatic heterocycles. The molecule has 0 atom stereocenters. The number of nitrogens with one attached hydrogen (secondary N) is 2. The number of ether oxygens (including phenoxy) is 2. The van der Waals surface area contributed by atoms with Crippen molar-refractivity contribution >= 4 is 28.1 Å². The number of aromatic nitrogens is 1. The average Bonchev–Trinajstić information content (AvgIpc) is 3.22. The van der Waals surface area contributed by atoms with E-state index in [-0.39, 0.29) is 5.91 Å². The van der Waals surface area contributed by atoms with Gasteiger partial charge in [-0.2, -0.15) is 0 Å². The van der Waals surface area contributed by atoms with Gasteiger partial charge in [0.2, 0.25) is 0 Å². The molecule has 1 heterocycles. The Morgan fingerprint density at radius 3 is 2.73 bits per heavy atom. The fourth-order valence-electron chi connectivity index (χ4n) is 1.96. The summed E-state index contributed by atoms with van der Waals surface area (Å²) in [4.78, 5) is 16.2. The second kappa shape index (κ2) is 6.23. The number of benzene rings is 1. The van der Waals surface area contributed by atoms with Gasteiger partial charge in [-0.3, -0.25) is 4.79 Å². The van der Waals surface area contributed by atoms with E-state index in [9.17, 15) is 4.79 Å². The summed E-state index contributed by atoms with van der Waals surface area (Å²) in [5.41, 5.74) is 1.26. The van der Waals surface area contributed by atoms with Gasteiger partial charge >= 0.3 is 0 Å². The monoisotopic (exact) mass is 319 g/mol. The van der Waals surface area contributed by atoms with Crippen molar-refractivity contribution in [2.45, 2.75) is 18.9 Å². The lowest BCUT2D eigenvalue weighted by Crippen LogP contribution is -2.25. The summed E-state index contributed by atoms with van der Waals surface area (Å²) in [5.74, 6) is 1.19. The third-order valence-corrected chi connectivity index (χ3v) is 4.04. The molecule has 1 amide bonds. The number of rotatable bonds is 6. The molecule has 1 saturated carbocycles. The second-order valence-electron chi connectivity index (χ2n) is 4.98. The summed E-state index contributed by atoms with van der Waals surface area (Å²) in [6.07, 6.45) is 2.12. The fraction of sp³-hybridized carbons (Fsp3) is 0.333. The molecule has 1 fully saturated rings. The van der Waals surface area contributed by atoms with Crippen molar-refractivity contribution in [2.24, 2.45) is 0 Å². The molecule has 0 spiro atoms. The normalized spacial score (nSPS) is 13.5. The molecule has 1 aromatic carbocycles. The van der Waals surface area contributed by atoms with Crippen LogP contribution in [-0.2, 0) is 0 Å². The van der Waals surface area contributed by atoms with Crippen molar-refractivity contribution in [1.82, 2.24) is 10.3 Å². The molecule has 0 bridgehead atoms. The molecule has 116 valence electrons. The van der Waals surface area contributed by atoms with Crippen LogP contribution in [0.25, 0.3) is 0 Å². The van der Waals surface area contributed by atoms with Crippen LogP contribution in [0.5, 0.6) is 11.5 Å². The van der Waals surface area contributed by atoms with E-state index in [0.29, 0.717) is 28.4 Å². The van der Waals surface area contributed by atoms with Gasteiger partial charge in [0.1, 0.15) is 5.69 Å². The number of nitrogens with zero attached hydrogens (tertiary/aromatic N) is 1. The summed E-state index contributed by atoms with van der Waals surface area (Å²) >= 11 is 1.39. The molecule has 22 heavy (non-hydrogen) atoms. The first-order chi connectivity index (χ1) is 10.7. The molecule has 0 aliphatic heterocycles. The van der Waals surface area contributed by atoms with E-state index in [4.69, 9.17) is 9.47 Å². The highest BCUT2D eigenvalue weighted by Crippen LogP contribution is 2.31.